The van der Waals surface area contributed by atoms with E-state index in [1.54, 1.807) is 0 Å². The average molecular weight is 218 g/mol. The summed E-state index contributed by atoms with van der Waals surface area (Å²) < 4.78 is 1.85. The smallest absolute Gasteiger partial charge is 0.326 e. The zero-order valence-corrected chi connectivity index (χ0v) is 8.94. The van der Waals surface area contributed by atoms with E-state index in [0.717, 1.165) is 29.4 Å². The summed E-state index contributed by atoms with van der Waals surface area (Å²) in [4.78, 5) is 14.6. The van der Waals surface area contributed by atoms with E-state index in [0.29, 0.717) is 12.5 Å². The number of nitrogens with one attached hydrogen (secondary N) is 1. The minimum Gasteiger partial charge on any atom is -0.396 e. The summed E-state index contributed by atoms with van der Waals surface area (Å²) in [6.45, 7) is 0.138. The van der Waals surface area contributed by atoms with Crippen molar-refractivity contribution >= 4 is 11.0 Å². The van der Waals surface area contributed by atoms with Crippen LogP contribution in [0.1, 0.15) is 24.4 Å². The second kappa shape index (κ2) is 3.49. The lowest BCUT2D eigenvalue weighted by atomic mass is 10.1. The standard InChI is InChI=1S/C12H14N2O2/c15-6-5-8-1-4-11-10(7-8)13-12(16)14(11)9-2-3-9/h1,4,7,9,15H,2-3,5-6H2,(H,13,16). The Morgan fingerprint density at radius 1 is 1.44 bits per heavy atom. The van der Waals surface area contributed by atoms with Gasteiger partial charge in [0.15, 0.2) is 0 Å². The summed E-state index contributed by atoms with van der Waals surface area (Å²) in [6.07, 6.45) is 2.84. The van der Waals surface area contributed by atoms with Crippen LogP contribution in [0.25, 0.3) is 11.0 Å². The van der Waals surface area contributed by atoms with E-state index < -0.39 is 0 Å². The van der Waals surface area contributed by atoms with Crippen molar-refractivity contribution in [2.75, 3.05) is 6.61 Å². The minimum atomic E-state index is -0.0151. The third-order valence-corrected chi connectivity index (χ3v) is 3.09. The molecule has 1 saturated carbocycles. The van der Waals surface area contributed by atoms with Gasteiger partial charge in [0.1, 0.15) is 0 Å². The summed E-state index contributed by atoms with van der Waals surface area (Å²) in [5.41, 5.74) is 2.90. The molecule has 1 aliphatic rings. The van der Waals surface area contributed by atoms with Crippen molar-refractivity contribution in [3.63, 3.8) is 0 Å². The van der Waals surface area contributed by atoms with Crippen molar-refractivity contribution in [1.29, 1.82) is 0 Å². The van der Waals surface area contributed by atoms with E-state index in [-0.39, 0.29) is 12.3 Å². The van der Waals surface area contributed by atoms with Gasteiger partial charge in [0, 0.05) is 12.6 Å². The Hall–Kier alpha value is -1.55. The number of aliphatic hydroxyl groups is 1. The van der Waals surface area contributed by atoms with Crippen LogP contribution in [0.5, 0.6) is 0 Å². The number of aromatic amines is 1. The van der Waals surface area contributed by atoms with Gasteiger partial charge in [0.25, 0.3) is 0 Å². The molecule has 4 heteroatoms. The Kier molecular flexibility index (Phi) is 2.11. The number of hydrogen-bond acceptors (Lipinski definition) is 2. The highest BCUT2D eigenvalue weighted by molar-refractivity contribution is 5.76. The van der Waals surface area contributed by atoms with Crippen LogP contribution in [0.15, 0.2) is 23.0 Å². The zero-order chi connectivity index (χ0) is 11.1. The van der Waals surface area contributed by atoms with Crippen molar-refractivity contribution in [2.24, 2.45) is 0 Å². The third-order valence-electron chi connectivity index (χ3n) is 3.09. The fourth-order valence-corrected chi connectivity index (χ4v) is 2.16. The van der Waals surface area contributed by atoms with Crippen molar-refractivity contribution in [3.05, 3.63) is 34.2 Å². The molecule has 0 aliphatic heterocycles. The first-order valence-corrected chi connectivity index (χ1v) is 5.63. The minimum absolute atomic E-state index is 0.0151. The number of aliphatic hydroxyl groups excluding tert-OH is 1. The van der Waals surface area contributed by atoms with Gasteiger partial charge in [-0.15, -0.1) is 0 Å². The molecule has 0 radical (unpaired) electrons. The molecule has 1 fully saturated rings. The molecule has 3 rings (SSSR count). The van der Waals surface area contributed by atoms with E-state index in [1.165, 1.54) is 0 Å². The van der Waals surface area contributed by atoms with Crippen LogP contribution in [0.3, 0.4) is 0 Å². The number of aromatic nitrogens is 2. The summed E-state index contributed by atoms with van der Waals surface area (Å²) >= 11 is 0. The van der Waals surface area contributed by atoms with Gasteiger partial charge in [0.05, 0.1) is 11.0 Å². The molecule has 0 bridgehead atoms. The van der Waals surface area contributed by atoms with E-state index in [2.05, 4.69) is 4.98 Å². The molecule has 1 aromatic carbocycles. The molecule has 0 atom stereocenters. The lowest BCUT2D eigenvalue weighted by Gasteiger charge is -2.01. The molecule has 4 nitrogen and oxygen atoms in total. The van der Waals surface area contributed by atoms with Crippen LogP contribution in [0.2, 0.25) is 0 Å². The van der Waals surface area contributed by atoms with E-state index in [9.17, 15) is 4.79 Å². The first-order chi connectivity index (χ1) is 7.79. The predicted octanol–water partition coefficient (Wildman–Crippen LogP) is 1.20. The summed E-state index contributed by atoms with van der Waals surface area (Å²) in [7, 11) is 0. The number of nitrogens with zero attached hydrogens (tertiary/aromatic N) is 1. The van der Waals surface area contributed by atoms with Crippen molar-refractivity contribution in [3.8, 4) is 0 Å². The molecule has 1 heterocycles. The lowest BCUT2D eigenvalue weighted by molar-refractivity contribution is 0.299. The Morgan fingerprint density at radius 2 is 2.25 bits per heavy atom. The number of H-pyrrole nitrogens is 1. The first-order valence-electron chi connectivity index (χ1n) is 5.63. The SMILES string of the molecule is O=c1[nH]c2cc(CCO)ccc2n1C1CC1. The van der Waals surface area contributed by atoms with Gasteiger partial charge in [-0.2, -0.15) is 0 Å². The predicted molar refractivity (Wildman–Crippen MR) is 61.6 cm³/mol. The van der Waals surface area contributed by atoms with Gasteiger partial charge in [-0.1, -0.05) is 6.07 Å². The lowest BCUT2D eigenvalue weighted by Crippen LogP contribution is -2.14. The number of rotatable bonds is 3. The molecule has 16 heavy (non-hydrogen) atoms. The van der Waals surface area contributed by atoms with E-state index in [1.807, 2.05) is 22.8 Å². The van der Waals surface area contributed by atoms with Gasteiger partial charge in [0.2, 0.25) is 0 Å². The molecule has 0 unspecified atom stereocenters. The Labute approximate surface area is 92.5 Å². The van der Waals surface area contributed by atoms with Gasteiger partial charge in [-0.25, -0.2) is 4.79 Å². The maximum absolute atomic E-state index is 11.7. The highest BCUT2D eigenvalue weighted by Crippen LogP contribution is 2.35. The second-order valence-corrected chi connectivity index (χ2v) is 4.36. The molecule has 1 aromatic heterocycles. The van der Waals surface area contributed by atoms with Gasteiger partial charge in [-0.05, 0) is 37.0 Å². The van der Waals surface area contributed by atoms with Crippen LogP contribution in [-0.4, -0.2) is 21.3 Å². The number of benzene rings is 1. The van der Waals surface area contributed by atoms with Crippen LogP contribution in [0.4, 0.5) is 0 Å². The Morgan fingerprint density at radius 3 is 2.94 bits per heavy atom. The monoisotopic (exact) mass is 218 g/mol. The molecule has 2 N–H and O–H groups in total. The summed E-state index contributed by atoms with van der Waals surface area (Å²) in [5.74, 6) is 0. The van der Waals surface area contributed by atoms with Crippen molar-refractivity contribution in [1.82, 2.24) is 9.55 Å². The molecule has 0 amide bonds. The second-order valence-electron chi connectivity index (χ2n) is 4.36. The summed E-state index contributed by atoms with van der Waals surface area (Å²) in [6, 6.07) is 6.29. The van der Waals surface area contributed by atoms with Crippen molar-refractivity contribution < 1.29 is 5.11 Å². The maximum atomic E-state index is 11.7. The molecular formula is C12H14N2O2. The number of imidazole rings is 1. The zero-order valence-electron chi connectivity index (χ0n) is 8.94. The molecule has 0 saturated heterocycles. The highest BCUT2D eigenvalue weighted by Gasteiger charge is 2.26. The van der Waals surface area contributed by atoms with Crippen molar-refractivity contribution in [2.45, 2.75) is 25.3 Å². The largest absolute Gasteiger partial charge is 0.396 e. The normalized spacial score (nSPS) is 15.8. The molecule has 0 spiro atoms. The van der Waals surface area contributed by atoms with Crippen LogP contribution >= 0.6 is 0 Å². The Bertz CT molecular complexity index is 578. The summed E-state index contributed by atoms with van der Waals surface area (Å²) in [5, 5.41) is 8.87. The Balaban J connectivity index is 2.15. The number of hydrogen-bond donors (Lipinski definition) is 2. The van der Waals surface area contributed by atoms with E-state index >= 15 is 0 Å². The number of fused-ring (bicyclic) bond motifs is 1. The fraction of sp³-hybridized carbons (Fsp3) is 0.417. The molecule has 2 aromatic rings. The van der Waals surface area contributed by atoms with Crippen LogP contribution in [-0.2, 0) is 6.42 Å². The first kappa shape index (κ1) is 9.66. The van der Waals surface area contributed by atoms with Gasteiger partial charge in [-0.3, -0.25) is 4.57 Å². The maximum Gasteiger partial charge on any atom is 0.326 e. The van der Waals surface area contributed by atoms with Gasteiger partial charge < -0.3 is 10.1 Å². The average Bonchev–Trinajstić information content (AvgIpc) is 3.02. The topological polar surface area (TPSA) is 58.0 Å². The molecule has 1 aliphatic carbocycles. The quantitative estimate of drug-likeness (QED) is 0.813. The van der Waals surface area contributed by atoms with Gasteiger partial charge >= 0.3 is 5.69 Å². The molecule has 84 valence electrons. The highest BCUT2D eigenvalue weighted by atomic mass is 16.2. The fourth-order valence-electron chi connectivity index (χ4n) is 2.16. The van der Waals surface area contributed by atoms with E-state index in [4.69, 9.17) is 5.11 Å². The molecular weight excluding hydrogens is 204 g/mol. The van der Waals surface area contributed by atoms with Crippen LogP contribution in [0, 0.1) is 0 Å². The van der Waals surface area contributed by atoms with Crippen LogP contribution < -0.4 is 5.69 Å². The third kappa shape index (κ3) is 1.46.